The Bertz CT molecular complexity index is 1160. The molecule has 0 radical (unpaired) electrons. The van der Waals surface area contributed by atoms with Crippen molar-refractivity contribution in [2.45, 2.75) is 76.0 Å². The van der Waals surface area contributed by atoms with Crippen molar-refractivity contribution in [3.8, 4) is 5.88 Å². The standard InChI is InChI=1S/C21H33N6O9P/c1-12-18(29)34-9-7-5-3-4-6-8-33-17-14-16(24-20(22)25-17)27(11-23-14)19-21(2,30)15(28)13(36-19)10-35-37(31,32)26-12/h11-13,15,19,28,30H,3-10H2,1-2H3,(H2,22,24,25)(H2,26,31,32). The minimum atomic E-state index is -4.50. The number of ether oxygens (including phenoxy) is 3. The molecule has 15 nitrogen and oxygen atoms in total. The first-order chi connectivity index (χ1) is 17.5. The number of nitrogens with zero attached hydrogens (tertiary/aromatic N) is 4. The highest BCUT2D eigenvalue weighted by Crippen LogP contribution is 2.43. The molecule has 0 saturated carbocycles. The van der Waals surface area contributed by atoms with E-state index in [9.17, 15) is 24.5 Å². The normalized spacial score (nSPS) is 34.9. The van der Waals surface area contributed by atoms with Crippen LogP contribution in [0, 0.1) is 0 Å². The molecule has 2 aromatic heterocycles. The SMILES string of the molecule is CC1NP(=O)(O)OCC2OC(n3cnc4c(nc(N)nc43)OCCCCCCCOC1=O)C(C)(O)C2O. The van der Waals surface area contributed by atoms with Gasteiger partial charge < -0.3 is 35.1 Å². The molecule has 4 rings (SSSR count). The molecule has 6 N–H and O–H groups in total. The molecule has 0 spiro atoms. The van der Waals surface area contributed by atoms with Crippen molar-refractivity contribution in [1.29, 1.82) is 0 Å². The lowest BCUT2D eigenvalue weighted by Gasteiger charge is -2.27. The first-order valence-electron chi connectivity index (χ1n) is 12.1. The number of rotatable bonds is 0. The zero-order valence-corrected chi connectivity index (χ0v) is 21.5. The first-order valence-corrected chi connectivity index (χ1v) is 13.7. The molecular formula is C21H33N6O9P. The quantitative estimate of drug-likeness (QED) is 0.224. The zero-order chi connectivity index (χ0) is 26.8. The van der Waals surface area contributed by atoms with Gasteiger partial charge in [-0.05, 0) is 26.7 Å². The number of anilines is 1. The number of carbonyl (C=O) groups is 1. The highest BCUT2D eigenvalue weighted by Gasteiger charge is 2.54. The summed E-state index contributed by atoms with van der Waals surface area (Å²) in [5.41, 5.74) is 4.53. The van der Waals surface area contributed by atoms with Crippen LogP contribution in [0.1, 0.15) is 52.2 Å². The number of hydrogen-bond donors (Lipinski definition) is 5. The van der Waals surface area contributed by atoms with Crippen LogP contribution in [0.15, 0.2) is 6.33 Å². The average molecular weight is 545 g/mol. The van der Waals surface area contributed by atoms with Crippen LogP contribution in [-0.4, -0.2) is 84.3 Å². The van der Waals surface area contributed by atoms with E-state index in [0.717, 1.165) is 25.7 Å². The predicted octanol–water partition coefficient (Wildman–Crippen LogP) is 0.399. The van der Waals surface area contributed by atoms with Crippen molar-refractivity contribution >= 4 is 30.8 Å². The van der Waals surface area contributed by atoms with Crippen molar-refractivity contribution in [3.63, 3.8) is 0 Å². The maximum atomic E-state index is 12.5. The number of aliphatic hydroxyl groups is 2. The lowest BCUT2D eigenvalue weighted by molar-refractivity contribution is -0.145. The largest absolute Gasteiger partial charge is 0.476 e. The van der Waals surface area contributed by atoms with E-state index in [0.29, 0.717) is 18.5 Å². The van der Waals surface area contributed by atoms with Gasteiger partial charge in [0.15, 0.2) is 17.4 Å². The maximum absolute atomic E-state index is 12.5. The fourth-order valence-electron chi connectivity index (χ4n) is 4.27. The van der Waals surface area contributed by atoms with E-state index in [1.165, 1.54) is 24.7 Å². The van der Waals surface area contributed by atoms with E-state index < -0.39 is 50.4 Å². The number of esters is 1. The van der Waals surface area contributed by atoms with Gasteiger partial charge in [0.2, 0.25) is 11.8 Å². The lowest BCUT2D eigenvalue weighted by Crippen LogP contribution is -2.44. The summed E-state index contributed by atoms with van der Waals surface area (Å²) >= 11 is 0. The molecule has 2 aliphatic rings. The number of imidazole rings is 1. The van der Waals surface area contributed by atoms with Crippen molar-refractivity contribution in [2.75, 3.05) is 25.6 Å². The topological polar surface area (TPSA) is 213 Å². The third kappa shape index (κ3) is 6.20. The van der Waals surface area contributed by atoms with E-state index >= 15 is 0 Å². The third-order valence-electron chi connectivity index (χ3n) is 6.31. The number of aliphatic hydroxyl groups excluding tert-OH is 1. The highest BCUT2D eigenvalue weighted by molar-refractivity contribution is 7.50. The second kappa shape index (κ2) is 11.2. The van der Waals surface area contributed by atoms with Crippen molar-refractivity contribution in [1.82, 2.24) is 24.6 Å². The van der Waals surface area contributed by atoms with Crippen LogP contribution in [-0.2, 0) is 23.4 Å². The molecule has 16 heteroatoms. The molecule has 2 aliphatic heterocycles. The van der Waals surface area contributed by atoms with E-state index in [2.05, 4.69) is 20.0 Å². The Balaban J connectivity index is 1.60. The zero-order valence-electron chi connectivity index (χ0n) is 20.6. The smallest absolute Gasteiger partial charge is 0.403 e. The Morgan fingerprint density at radius 2 is 1.86 bits per heavy atom. The van der Waals surface area contributed by atoms with E-state index in [1.54, 1.807) is 0 Å². The second-order valence-corrected chi connectivity index (χ2v) is 10.9. The summed E-state index contributed by atoms with van der Waals surface area (Å²) in [6.45, 7) is 2.69. The van der Waals surface area contributed by atoms with E-state index in [4.69, 9.17) is 24.5 Å². The van der Waals surface area contributed by atoms with Gasteiger partial charge in [0, 0.05) is 0 Å². The summed E-state index contributed by atoms with van der Waals surface area (Å²) < 4.78 is 35.8. The van der Waals surface area contributed by atoms with Crippen LogP contribution < -0.4 is 15.6 Å². The molecule has 6 atom stereocenters. The van der Waals surface area contributed by atoms with Crippen LogP contribution in [0.2, 0.25) is 0 Å². The predicted molar refractivity (Wildman–Crippen MR) is 128 cm³/mol. The highest BCUT2D eigenvalue weighted by atomic mass is 31.2. The van der Waals surface area contributed by atoms with Crippen LogP contribution in [0.25, 0.3) is 11.2 Å². The van der Waals surface area contributed by atoms with Gasteiger partial charge in [-0.3, -0.25) is 13.9 Å². The Morgan fingerprint density at radius 1 is 1.19 bits per heavy atom. The first kappa shape index (κ1) is 27.6. The summed E-state index contributed by atoms with van der Waals surface area (Å²) in [6.07, 6.45) is 1.39. The molecule has 206 valence electrons. The Labute approximate surface area is 212 Å². The second-order valence-electron chi connectivity index (χ2n) is 9.36. The average Bonchev–Trinajstić information content (AvgIpc) is 3.33. The van der Waals surface area contributed by atoms with E-state index in [1.807, 2.05) is 0 Å². The molecule has 2 aromatic rings. The third-order valence-corrected chi connectivity index (χ3v) is 7.52. The van der Waals surface area contributed by atoms with Gasteiger partial charge in [-0.1, -0.05) is 19.3 Å². The Kier molecular flexibility index (Phi) is 8.33. The van der Waals surface area contributed by atoms with Crippen molar-refractivity contribution in [2.24, 2.45) is 0 Å². The number of nitrogens with one attached hydrogen (secondary N) is 1. The molecule has 4 heterocycles. The Hall–Kier alpha value is -2.39. The number of aromatic nitrogens is 4. The minimum absolute atomic E-state index is 0.0762. The molecule has 1 fully saturated rings. The monoisotopic (exact) mass is 544 g/mol. The van der Waals surface area contributed by atoms with Gasteiger partial charge in [-0.2, -0.15) is 9.97 Å². The summed E-state index contributed by atoms with van der Waals surface area (Å²) in [5.74, 6) is -0.597. The van der Waals surface area contributed by atoms with Gasteiger partial charge in [0.05, 0.1) is 26.1 Å². The molecule has 37 heavy (non-hydrogen) atoms. The molecule has 1 saturated heterocycles. The summed E-state index contributed by atoms with van der Waals surface area (Å²) in [6, 6.07) is -1.12. The van der Waals surface area contributed by atoms with E-state index in [-0.39, 0.29) is 24.1 Å². The fraction of sp³-hybridized carbons (Fsp3) is 0.714. The number of hydrogen-bond acceptors (Lipinski definition) is 12. The lowest BCUT2D eigenvalue weighted by atomic mass is 9.96. The maximum Gasteiger partial charge on any atom is 0.403 e. The van der Waals surface area contributed by atoms with Crippen LogP contribution in [0.4, 0.5) is 5.95 Å². The molecule has 0 aliphatic carbocycles. The number of cyclic esters (lactones) is 1. The molecule has 6 bridgehead atoms. The summed E-state index contributed by atoms with van der Waals surface area (Å²) in [7, 11) is -4.50. The summed E-state index contributed by atoms with van der Waals surface area (Å²) in [4.78, 5) is 35.0. The number of nitrogens with two attached hydrogens (primary N) is 1. The number of fused-ring (bicyclic) bond motifs is 3. The van der Waals surface area contributed by atoms with Crippen molar-refractivity contribution < 1.29 is 43.2 Å². The fourth-order valence-corrected chi connectivity index (χ4v) is 5.29. The molecule has 0 amide bonds. The number of nitrogen functional groups attached to an aromatic ring is 1. The Morgan fingerprint density at radius 3 is 2.59 bits per heavy atom. The minimum Gasteiger partial charge on any atom is -0.476 e. The van der Waals surface area contributed by atoms with Gasteiger partial charge in [-0.25, -0.2) is 14.6 Å². The van der Waals surface area contributed by atoms with Crippen molar-refractivity contribution in [3.05, 3.63) is 6.33 Å². The van der Waals surface area contributed by atoms with Gasteiger partial charge in [0.1, 0.15) is 23.9 Å². The van der Waals surface area contributed by atoms with Crippen LogP contribution in [0.3, 0.4) is 0 Å². The van der Waals surface area contributed by atoms with Crippen LogP contribution in [0.5, 0.6) is 5.88 Å². The molecule has 0 aromatic carbocycles. The summed E-state index contributed by atoms with van der Waals surface area (Å²) in [5, 5.41) is 24.0. The van der Waals surface area contributed by atoms with Gasteiger partial charge in [0.25, 0.3) is 0 Å². The molecular weight excluding hydrogens is 511 g/mol. The molecule has 6 unspecified atom stereocenters. The van der Waals surface area contributed by atoms with Gasteiger partial charge in [-0.15, -0.1) is 0 Å². The van der Waals surface area contributed by atoms with Crippen LogP contribution >= 0.6 is 7.75 Å². The number of carbonyl (C=O) groups excluding carboxylic acids is 1. The van der Waals surface area contributed by atoms with Gasteiger partial charge >= 0.3 is 13.7 Å².